The maximum Gasteiger partial charge on any atom is 0.212 e. The molecule has 1 aromatic carbocycles. The highest BCUT2D eigenvalue weighted by atomic mass is 32.2. The van der Waals surface area contributed by atoms with Crippen LogP contribution in [-0.2, 0) is 16.6 Å². The van der Waals surface area contributed by atoms with E-state index in [1.165, 1.54) is 6.42 Å². The average Bonchev–Trinajstić information content (AvgIpc) is 2.38. The number of hydrogen-bond donors (Lipinski definition) is 2. The van der Waals surface area contributed by atoms with Crippen molar-refractivity contribution in [3.63, 3.8) is 0 Å². The molecular weight excluding hydrogens is 260 g/mol. The van der Waals surface area contributed by atoms with E-state index in [0.29, 0.717) is 11.6 Å². The summed E-state index contributed by atoms with van der Waals surface area (Å²) in [5.74, 6) is 0.569. The van der Waals surface area contributed by atoms with Crippen molar-refractivity contribution in [2.75, 3.05) is 11.5 Å². The minimum atomic E-state index is -3.20. The molecule has 2 rings (SSSR count). The number of nitrogens with two attached hydrogens (primary N) is 1. The maximum absolute atomic E-state index is 12.0. The minimum Gasteiger partial charge on any atom is -0.398 e. The molecule has 1 aliphatic carbocycles. The van der Waals surface area contributed by atoms with Gasteiger partial charge in [-0.2, -0.15) is 0 Å². The van der Waals surface area contributed by atoms with Crippen LogP contribution >= 0.6 is 0 Å². The van der Waals surface area contributed by atoms with E-state index in [9.17, 15) is 8.42 Å². The van der Waals surface area contributed by atoms with Crippen LogP contribution in [0.5, 0.6) is 0 Å². The van der Waals surface area contributed by atoms with E-state index in [4.69, 9.17) is 5.73 Å². The Labute approximate surface area is 115 Å². The monoisotopic (exact) mass is 282 g/mol. The van der Waals surface area contributed by atoms with Gasteiger partial charge in [0.25, 0.3) is 0 Å². The maximum atomic E-state index is 12.0. The molecule has 1 fully saturated rings. The van der Waals surface area contributed by atoms with Crippen molar-refractivity contribution in [1.82, 2.24) is 4.72 Å². The highest BCUT2D eigenvalue weighted by Crippen LogP contribution is 2.24. The second-order valence-electron chi connectivity index (χ2n) is 5.31. The third-order valence-electron chi connectivity index (χ3n) is 3.72. The molecule has 5 heteroatoms. The minimum absolute atomic E-state index is 0.250. The number of nitrogen functional groups attached to an aromatic ring is 1. The van der Waals surface area contributed by atoms with Crippen molar-refractivity contribution in [2.24, 2.45) is 5.92 Å². The lowest BCUT2D eigenvalue weighted by Gasteiger charge is -2.21. The molecule has 4 nitrogen and oxygen atoms in total. The van der Waals surface area contributed by atoms with E-state index in [0.717, 1.165) is 31.2 Å². The molecule has 19 heavy (non-hydrogen) atoms. The predicted molar refractivity (Wildman–Crippen MR) is 78.1 cm³/mol. The molecule has 0 saturated heterocycles. The van der Waals surface area contributed by atoms with Gasteiger partial charge in [-0.3, -0.25) is 0 Å². The average molecular weight is 282 g/mol. The van der Waals surface area contributed by atoms with Crippen LogP contribution in [0.15, 0.2) is 24.3 Å². The number of anilines is 1. The quantitative estimate of drug-likeness (QED) is 0.814. The fraction of sp³-hybridized carbons (Fsp3) is 0.571. The smallest absolute Gasteiger partial charge is 0.212 e. The largest absolute Gasteiger partial charge is 0.398 e. The van der Waals surface area contributed by atoms with Crippen LogP contribution in [0.25, 0.3) is 0 Å². The Morgan fingerprint density at radius 2 is 1.84 bits per heavy atom. The lowest BCUT2D eigenvalue weighted by molar-refractivity contribution is 0.384. The number of sulfonamides is 1. The number of para-hydroxylation sites is 1. The van der Waals surface area contributed by atoms with Crippen molar-refractivity contribution < 1.29 is 8.42 Å². The van der Waals surface area contributed by atoms with E-state index in [2.05, 4.69) is 4.72 Å². The molecule has 1 saturated carbocycles. The fourth-order valence-corrected chi connectivity index (χ4v) is 4.05. The lowest BCUT2D eigenvalue weighted by atomic mass is 9.91. The molecule has 0 amide bonds. The topological polar surface area (TPSA) is 72.2 Å². The number of nitrogens with one attached hydrogen (secondary N) is 1. The van der Waals surface area contributed by atoms with Gasteiger partial charge in [0.15, 0.2) is 0 Å². The van der Waals surface area contributed by atoms with Gasteiger partial charge in [-0.15, -0.1) is 0 Å². The zero-order valence-electron chi connectivity index (χ0n) is 11.1. The van der Waals surface area contributed by atoms with Gasteiger partial charge in [0.05, 0.1) is 5.75 Å². The molecule has 1 aromatic rings. The number of rotatable bonds is 5. The van der Waals surface area contributed by atoms with Crippen molar-refractivity contribution in [3.8, 4) is 0 Å². The molecule has 3 N–H and O–H groups in total. The van der Waals surface area contributed by atoms with Crippen molar-refractivity contribution in [2.45, 2.75) is 38.6 Å². The third-order valence-corrected chi connectivity index (χ3v) is 5.21. The van der Waals surface area contributed by atoms with Gasteiger partial charge in [-0.1, -0.05) is 37.5 Å². The van der Waals surface area contributed by atoms with Crippen LogP contribution in [0.1, 0.15) is 37.7 Å². The Morgan fingerprint density at radius 1 is 1.16 bits per heavy atom. The van der Waals surface area contributed by atoms with Crippen LogP contribution in [0, 0.1) is 5.92 Å². The van der Waals surface area contributed by atoms with Gasteiger partial charge >= 0.3 is 0 Å². The summed E-state index contributed by atoms with van der Waals surface area (Å²) >= 11 is 0. The van der Waals surface area contributed by atoms with Crippen LogP contribution in [0.3, 0.4) is 0 Å². The second kappa shape index (κ2) is 6.39. The standard InChI is InChI=1S/C14H22N2O2S/c15-14-9-5-4-8-13(14)10-16-19(17,18)11-12-6-2-1-3-7-12/h4-5,8-9,12,16H,1-3,6-7,10-11,15H2. The van der Waals surface area contributed by atoms with E-state index < -0.39 is 10.0 Å². The molecular formula is C14H22N2O2S. The van der Waals surface area contributed by atoms with E-state index in [-0.39, 0.29) is 12.3 Å². The normalized spacial score (nSPS) is 17.5. The summed E-state index contributed by atoms with van der Waals surface area (Å²) in [5.41, 5.74) is 7.26. The van der Waals surface area contributed by atoms with E-state index in [1.54, 1.807) is 6.07 Å². The highest BCUT2D eigenvalue weighted by molar-refractivity contribution is 7.89. The van der Waals surface area contributed by atoms with Crippen LogP contribution < -0.4 is 10.5 Å². The summed E-state index contributed by atoms with van der Waals surface area (Å²) < 4.78 is 26.7. The summed E-state index contributed by atoms with van der Waals surface area (Å²) in [6.45, 7) is 0.279. The number of benzene rings is 1. The molecule has 0 spiro atoms. The fourth-order valence-electron chi connectivity index (χ4n) is 2.61. The highest BCUT2D eigenvalue weighted by Gasteiger charge is 2.21. The van der Waals surface area contributed by atoms with Crippen LogP contribution in [0.2, 0.25) is 0 Å². The molecule has 0 bridgehead atoms. The van der Waals surface area contributed by atoms with Crippen molar-refractivity contribution >= 4 is 15.7 Å². The summed E-state index contributed by atoms with van der Waals surface area (Å²) in [6.07, 6.45) is 5.63. The lowest BCUT2D eigenvalue weighted by Crippen LogP contribution is -2.30. The summed E-state index contributed by atoms with van der Waals surface area (Å²) in [6, 6.07) is 7.33. The SMILES string of the molecule is Nc1ccccc1CNS(=O)(=O)CC1CCCCC1. The first-order chi connectivity index (χ1) is 9.07. The molecule has 0 radical (unpaired) electrons. The number of hydrogen-bond acceptors (Lipinski definition) is 3. The van der Waals surface area contributed by atoms with Gasteiger partial charge in [-0.05, 0) is 30.4 Å². The molecule has 0 aromatic heterocycles. The first-order valence-electron chi connectivity index (χ1n) is 6.87. The molecule has 106 valence electrons. The summed E-state index contributed by atoms with van der Waals surface area (Å²) in [4.78, 5) is 0. The molecule has 1 aliphatic rings. The Kier molecular flexibility index (Phi) is 4.82. The van der Waals surface area contributed by atoms with Crippen molar-refractivity contribution in [3.05, 3.63) is 29.8 Å². The summed E-state index contributed by atoms with van der Waals surface area (Å²) in [5, 5.41) is 0. The van der Waals surface area contributed by atoms with E-state index >= 15 is 0 Å². The molecule has 0 heterocycles. The van der Waals surface area contributed by atoms with Gasteiger partial charge in [-0.25, -0.2) is 13.1 Å². The second-order valence-corrected chi connectivity index (χ2v) is 7.16. The third kappa shape index (κ3) is 4.51. The predicted octanol–water partition coefficient (Wildman–Crippen LogP) is 2.27. The van der Waals surface area contributed by atoms with Crippen LogP contribution in [-0.4, -0.2) is 14.2 Å². The van der Waals surface area contributed by atoms with E-state index in [1.807, 2.05) is 18.2 Å². The van der Waals surface area contributed by atoms with Crippen molar-refractivity contribution in [1.29, 1.82) is 0 Å². The zero-order valence-corrected chi connectivity index (χ0v) is 12.0. The van der Waals surface area contributed by atoms with Gasteiger partial charge in [0, 0.05) is 12.2 Å². The van der Waals surface area contributed by atoms with Gasteiger partial charge in [0.1, 0.15) is 0 Å². The van der Waals surface area contributed by atoms with Gasteiger partial charge < -0.3 is 5.73 Å². The molecule has 0 unspecified atom stereocenters. The summed E-state index contributed by atoms with van der Waals surface area (Å²) in [7, 11) is -3.20. The molecule has 0 atom stereocenters. The van der Waals surface area contributed by atoms with Crippen LogP contribution in [0.4, 0.5) is 5.69 Å². The first-order valence-corrected chi connectivity index (χ1v) is 8.53. The first kappa shape index (κ1) is 14.3. The Bertz CT molecular complexity index is 508. The Hall–Kier alpha value is -1.07. The molecule has 0 aliphatic heterocycles. The zero-order chi connectivity index (χ0) is 13.7. The Morgan fingerprint density at radius 3 is 2.53 bits per heavy atom. The van der Waals surface area contributed by atoms with Gasteiger partial charge in [0.2, 0.25) is 10.0 Å². The Balaban J connectivity index is 1.88.